The lowest BCUT2D eigenvalue weighted by Crippen LogP contribution is -2.33. The molecule has 0 aliphatic carbocycles. The van der Waals surface area contributed by atoms with Crippen molar-refractivity contribution in [1.29, 1.82) is 0 Å². The average Bonchev–Trinajstić information content (AvgIpc) is 2.91. The molecule has 0 unspecified atom stereocenters. The Bertz CT molecular complexity index is 1640. The van der Waals surface area contributed by atoms with Crippen molar-refractivity contribution in [3.05, 3.63) is 122 Å². The molecule has 0 atom stereocenters. The van der Waals surface area contributed by atoms with E-state index in [0.717, 1.165) is 5.56 Å². The van der Waals surface area contributed by atoms with E-state index >= 15 is 0 Å². The number of hydrogen-bond donors (Lipinski definition) is 2. The number of nitrogens with zero attached hydrogens (tertiary/aromatic N) is 2. The smallest absolute Gasteiger partial charge is 0.273 e. The van der Waals surface area contributed by atoms with Crippen LogP contribution in [0.15, 0.2) is 94.9 Å². The van der Waals surface area contributed by atoms with Crippen LogP contribution in [0.3, 0.4) is 0 Å². The van der Waals surface area contributed by atoms with Crippen LogP contribution in [-0.2, 0) is 16.6 Å². The van der Waals surface area contributed by atoms with Crippen LogP contribution < -0.4 is 9.73 Å². The summed E-state index contributed by atoms with van der Waals surface area (Å²) in [6.45, 7) is 1.80. The van der Waals surface area contributed by atoms with Crippen molar-refractivity contribution in [2.75, 3.05) is 4.31 Å². The fourth-order valence-corrected chi connectivity index (χ4v) is 5.79. The number of anilines is 1. The number of hydrazone groups is 1. The molecule has 0 aliphatic rings. The summed E-state index contributed by atoms with van der Waals surface area (Å²) < 4.78 is 28.9. The average molecular weight is 603 g/mol. The van der Waals surface area contributed by atoms with E-state index < -0.39 is 15.9 Å². The Balaban J connectivity index is 1.72. The molecule has 0 bridgehead atoms. The van der Waals surface area contributed by atoms with Gasteiger partial charge >= 0.3 is 0 Å². The second-order valence-corrected chi connectivity index (χ2v) is 11.6. The van der Waals surface area contributed by atoms with Gasteiger partial charge in [-0.1, -0.05) is 76.8 Å². The van der Waals surface area contributed by atoms with Gasteiger partial charge < -0.3 is 5.11 Å². The summed E-state index contributed by atoms with van der Waals surface area (Å²) in [6.07, 6.45) is 1.18. The predicted octanol–water partition coefficient (Wildman–Crippen LogP) is 6.82. The molecule has 11 heteroatoms. The number of aromatic hydroxyl groups is 1. The number of benzene rings is 4. The Kier molecular flexibility index (Phi) is 8.82. The third-order valence-electron chi connectivity index (χ3n) is 5.69. The zero-order chi connectivity index (χ0) is 28.2. The summed E-state index contributed by atoms with van der Waals surface area (Å²) in [5, 5.41) is 14.8. The lowest BCUT2D eigenvalue weighted by atomic mass is 10.1. The molecule has 200 valence electrons. The van der Waals surface area contributed by atoms with E-state index in [1.165, 1.54) is 40.9 Å². The molecule has 39 heavy (non-hydrogen) atoms. The number of hydrogen-bond acceptors (Lipinski definition) is 5. The summed E-state index contributed by atoms with van der Waals surface area (Å²) in [4.78, 5) is 13.3. The largest absolute Gasteiger partial charge is 0.506 e. The summed E-state index contributed by atoms with van der Waals surface area (Å²) in [5.41, 5.74) is 4.34. The molecule has 0 aromatic heterocycles. The molecule has 4 aromatic rings. The van der Waals surface area contributed by atoms with Crippen LogP contribution in [-0.4, -0.2) is 25.6 Å². The molecule has 4 rings (SSSR count). The molecule has 0 aliphatic heterocycles. The fraction of sp³-hybridized carbons (Fsp3) is 0.0714. The molecule has 0 saturated heterocycles. The number of phenols is 1. The van der Waals surface area contributed by atoms with E-state index in [2.05, 4.69) is 10.5 Å². The summed E-state index contributed by atoms with van der Waals surface area (Å²) >= 11 is 17.9. The molecule has 1 amide bonds. The zero-order valence-corrected chi connectivity index (χ0v) is 23.6. The molecule has 0 radical (unpaired) electrons. The van der Waals surface area contributed by atoms with Crippen molar-refractivity contribution in [2.45, 2.75) is 18.4 Å². The number of phenolic OH excluding ortho intramolecular Hbond substituents is 1. The van der Waals surface area contributed by atoms with E-state index in [0.29, 0.717) is 10.6 Å². The zero-order valence-electron chi connectivity index (χ0n) is 20.5. The fourth-order valence-electron chi connectivity index (χ4n) is 3.68. The van der Waals surface area contributed by atoms with Crippen molar-refractivity contribution >= 4 is 62.6 Å². The molecule has 0 fully saturated rings. The van der Waals surface area contributed by atoms with Crippen LogP contribution in [0.5, 0.6) is 5.75 Å². The van der Waals surface area contributed by atoms with Crippen molar-refractivity contribution in [1.82, 2.24) is 5.43 Å². The van der Waals surface area contributed by atoms with Gasteiger partial charge in [0.1, 0.15) is 5.75 Å². The Morgan fingerprint density at radius 1 is 0.949 bits per heavy atom. The molecular formula is C28H22Cl3N3O4S. The Morgan fingerprint density at radius 2 is 1.62 bits per heavy atom. The third kappa shape index (κ3) is 6.72. The molecule has 0 heterocycles. The van der Waals surface area contributed by atoms with Crippen molar-refractivity contribution in [3.8, 4) is 5.75 Å². The topological polar surface area (TPSA) is 99.1 Å². The van der Waals surface area contributed by atoms with Crippen molar-refractivity contribution in [3.63, 3.8) is 0 Å². The highest BCUT2D eigenvalue weighted by molar-refractivity contribution is 7.92. The number of aryl methyl sites for hydroxylation is 1. The SMILES string of the molecule is Cc1ccc(S(=O)(=O)N(Cc2ccc(Cl)cc2)c2ccccc2C(=O)N/N=C/c2cc(Cl)cc(Cl)c2O)cc1. The summed E-state index contributed by atoms with van der Waals surface area (Å²) in [6, 6.07) is 22.3. The number of carbonyl (C=O) groups is 1. The van der Waals surface area contributed by atoms with Gasteiger partial charge in [0.05, 0.1) is 33.9 Å². The highest BCUT2D eigenvalue weighted by Gasteiger charge is 2.28. The Morgan fingerprint density at radius 3 is 2.31 bits per heavy atom. The lowest BCUT2D eigenvalue weighted by molar-refractivity contribution is 0.0955. The van der Waals surface area contributed by atoms with E-state index in [-0.39, 0.29) is 44.0 Å². The molecule has 2 N–H and O–H groups in total. The highest BCUT2D eigenvalue weighted by atomic mass is 35.5. The molecule has 0 saturated carbocycles. The maximum absolute atomic E-state index is 13.9. The first-order valence-electron chi connectivity index (χ1n) is 11.5. The van der Waals surface area contributed by atoms with E-state index in [1.807, 2.05) is 6.92 Å². The van der Waals surface area contributed by atoms with Crippen LogP contribution >= 0.6 is 34.8 Å². The number of halogens is 3. The Hall–Kier alpha value is -3.56. The first kappa shape index (κ1) is 28.4. The maximum atomic E-state index is 13.9. The van der Waals surface area contributed by atoms with Crippen molar-refractivity contribution in [2.24, 2.45) is 5.10 Å². The van der Waals surface area contributed by atoms with Gasteiger partial charge in [0.25, 0.3) is 15.9 Å². The number of carbonyl (C=O) groups excluding carboxylic acids is 1. The first-order chi connectivity index (χ1) is 18.6. The van der Waals surface area contributed by atoms with Crippen LogP contribution in [0, 0.1) is 6.92 Å². The van der Waals surface area contributed by atoms with Crippen LogP contribution in [0.25, 0.3) is 0 Å². The minimum Gasteiger partial charge on any atom is -0.506 e. The maximum Gasteiger partial charge on any atom is 0.273 e. The number of amides is 1. The van der Waals surface area contributed by atoms with Gasteiger partial charge in [0, 0.05) is 15.6 Å². The number of rotatable bonds is 8. The van der Waals surface area contributed by atoms with Gasteiger partial charge in [0.2, 0.25) is 0 Å². The highest BCUT2D eigenvalue weighted by Crippen LogP contribution is 2.31. The molecule has 0 spiro atoms. The van der Waals surface area contributed by atoms with Gasteiger partial charge in [-0.05, 0) is 61.0 Å². The quantitative estimate of drug-likeness (QED) is 0.171. The van der Waals surface area contributed by atoms with Crippen LogP contribution in [0.4, 0.5) is 5.69 Å². The predicted molar refractivity (Wildman–Crippen MR) is 156 cm³/mol. The van der Waals surface area contributed by atoms with Gasteiger partial charge in [-0.2, -0.15) is 5.10 Å². The van der Waals surface area contributed by atoms with E-state index in [9.17, 15) is 18.3 Å². The monoisotopic (exact) mass is 601 g/mol. The van der Waals surface area contributed by atoms with Gasteiger partial charge in [0.15, 0.2) is 0 Å². The van der Waals surface area contributed by atoms with Crippen LogP contribution in [0.2, 0.25) is 15.1 Å². The van der Waals surface area contributed by atoms with Gasteiger partial charge in [-0.15, -0.1) is 0 Å². The first-order valence-corrected chi connectivity index (χ1v) is 14.1. The molecule has 4 aromatic carbocycles. The Labute approximate surface area is 241 Å². The van der Waals surface area contributed by atoms with E-state index in [1.54, 1.807) is 54.6 Å². The third-order valence-corrected chi connectivity index (χ3v) is 8.23. The van der Waals surface area contributed by atoms with Gasteiger partial charge in [-0.25, -0.2) is 13.8 Å². The van der Waals surface area contributed by atoms with Crippen molar-refractivity contribution < 1.29 is 18.3 Å². The number of nitrogens with one attached hydrogen (secondary N) is 1. The van der Waals surface area contributed by atoms with E-state index in [4.69, 9.17) is 34.8 Å². The molecule has 7 nitrogen and oxygen atoms in total. The van der Waals surface area contributed by atoms with Gasteiger partial charge in [-0.3, -0.25) is 9.10 Å². The number of sulfonamides is 1. The lowest BCUT2D eigenvalue weighted by Gasteiger charge is -2.26. The standard InChI is InChI=1S/C28H22Cl3N3O4S/c1-18-6-12-23(13-7-18)39(37,38)34(17-19-8-10-21(29)11-9-19)26-5-3-2-4-24(26)28(36)33-32-16-20-14-22(30)15-25(31)27(20)35/h2-16,35H,17H2,1H3,(H,33,36)/b32-16+. The minimum atomic E-state index is -4.09. The number of para-hydroxylation sites is 1. The molecular weight excluding hydrogens is 581 g/mol. The minimum absolute atomic E-state index is 0.0276. The second-order valence-electron chi connectivity index (χ2n) is 8.49. The second kappa shape index (κ2) is 12.1. The normalized spacial score (nSPS) is 11.5. The summed E-state index contributed by atoms with van der Waals surface area (Å²) in [5.74, 6) is -0.924. The summed E-state index contributed by atoms with van der Waals surface area (Å²) in [7, 11) is -4.09. The van der Waals surface area contributed by atoms with Crippen LogP contribution in [0.1, 0.15) is 27.0 Å².